The van der Waals surface area contributed by atoms with Crippen molar-refractivity contribution >= 4 is 11.6 Å². The van der Waals surface area contributed by atoms with Gasteiger partial charge in [0.2, 0.25) is 0 Å². The first-order chi connectivity index (χ1) is 11.3. The Kier molecular flexibility index (Phi) is 3.25. The zero-order valence-corrected chi connectivity index (χ0v) is 12.6. The van der Waals surface area contributed by atoms with Crippen molar-refractivity contribution in [2.45, 2.75) is 12.8 Å². The van der Waals surface area contributed by atoms with Gasteiger partial charge in [0.1, 0.15) is 0 Å². The van der Waals surface area contributed by atoms with Crippen molar-refractivity contribution in [2.75, 3.05) is 18.0 Å². The number of amides is 1. The van der Waals surface area contributed by atoms with E-state index < -0.39 is 0 Å². The molecule has 1 fully saturated rings. The molecule has 4 rings (SSSR count). The molecule has 5 heteroatoms. The first-order valence-corrected chi connectivity index (χ1v) is 7.67. The smallest absolute Gasteiger partial charge is 0.258 e. The molecule has 114 valence electrons. The van der Waals surface area contributed by atoms with Crippen molar-refractivity contribution in [3.05, 3.63) is 65.2 Å². The molecular weight excluding hydrogens is 288 g/mol. The molecule has 2 aliphatic rings. The van der Waals surface area contributed by atoms with Crippen LogP contribution in [-0.4, -0.2) is 30.2 Å². The Morgan fingerprint density at radius 1 is 1.22 bits per heavy atom. The maximum absolute atomic E-state index is 13.0. The van der Waals surface area contributed by atoms with E-state index in [0.29, 0.717) is 17.7 Å². The van der Waals surface area contributed by atoms with Gasteiger partial charge in [-0.05, 0) is 23.8 Å². The fourth-order valence-electron chi connectivity index (χ4n) is 3.31. The molecule has 1 amide bonds. The highest BCUT2D eigenvalue weighted by Gasteiger charge is 2.40. The molecule has 0 radical (unpaired) electrons. The molecule has 0 aliphatic carbocycles. The van der Waals surface area contributed by atoms with Gasteiger partial charge in [0.25, 0.3) is 5.91 Å². The first-order valence-electron chi connectivity index (χ1n) is 7.67. The number of carbonyl (C=O) groups excluding carboxylic acids is 1. The van der Waals surface area contributed by atoms with Crippen LogP contribution in [0.1, 0.15) is 21.5 Å². The zero-order valence-electron chi connectivity index (χ0n) is 12.6. The number of hydrogen-bond acceptors (Lipinski definition) is 4. The molecule has 1 atom stereocenters. The maximum atomic E-state index is 13.0. The van der Waals surface area contributed by atoms with Crippen LogP contribution in [0.3, 0.4) is 0 Å². The van der Waals surface area contributed by atoms with Gasteiger partial charge < -0.3 is 9.80 Å². The fraction of sp³-hybridized carbons (Fsp3) is 0.222. The highest BCUT2D eigenvalue weighted by molar-refractivity contribution is 6.02. The third-order valence-corrected chi connectivity index (χ3v) is 4.39. The van der Waals surface area contributed by atoms with Crippen LogP contribution in [0.4, 0.5) is 5.69 Å². The topological polar surface area (TPSA) is 59.4 Å². The van der Waals surface area contributed by atoms with Gasteiger partial charge in [0.05, 0.1) is 22.9 Å². The lowest BCUT2D eigenvalue weighted by Crippen LogP contribution is -2.56. The lowest BCUT2D eigenvalue weighted by molar-refractivity contribution is 0.0624. The number of nitrogens with one attached hydrogen (secondary N) is 1. The Labute approximate surface area is 134 Å². The lowest BCUT2D eigenvalue weighted by atomic mass is 10.0. The third kappa shape index (κ3) is 2.24. The lowest BCUT2D eigenvalue weighted by Gasteiger charge is -2.41. The summed E-state index contributed by atoms with van der Waals surface area (Å²) in [5.41, 5.74) is 3.13. The summed E-state index contributed by atoms with van der Waals surface area (Å²) in [6.07, 6.45) is -0.122. The summed E-state index contributed by atoms with van der Waals surface area (Å²) in [6, 6.07) is 17.4. The van der Waals surface area contributed by atoms with Crippen LogP contribution in [0.25, 0.3) is 0 Å². The van der Waals surface area contributed by atoms with Gasteiger partial charge in [-0.25, -0.2) is 0 Å². The van der Waals surface area contributed by atoms with E-state index in [1.165, 1.54) is 0 Å². The van der Waals surface area contributed by atoms with Crippen LogP contribution in [0, 0.1) is 11.3 Å². The first kappa shape index (κ1) is 13.8. The van der Waals surface area contributed by atoms with E-state index in [9.17, 15) is 4.79 Å². The summed E-state index contributed by atoms with van der Waals surface area (Å²) >= 11 is 0. The predicted molar refractivity (Wildman–Crippen MR) is 86.6 cm³/mol. The Morgan fingerprint density at radius 2 is 2.04 bits per heavy atom. The molecule has 0 bridgehead atoms. The van der Waals surface area contributed by atoms with E-state index in [1.54, 1.807) is 12.1 Å². The van der Waals surface area contributed by atoms with Crippen LogP contribution in [0.15, 0.2) is 48.5 Å². The van der Waals surface area contributed by atoms with Crippen molar-refractivity contribution in [2.24, 2.45) is 0 Å². The molecule has 1 N–H and O–H groups in total. The van der Waals surface area contributed by atoms with Crippen LogP contribution in [-0.2, 0) is 6.54 Å². The van der Waals surface area contributed by atoms with E-state index in [-0.39, 0.29) is 12.2 Å². The fourth-order valence-corrected chi connectivity index (χ4v) is 3.31. The molecule has 23 heavy (non-hydrogen) atoms. The number of hydrogen-bond donors (Lipinski definition) is 1. The minimum Gasteiger partial charge on any atom is -0.337 e. The molecule has 0 aromatic heterocycles. The molecule has 1 saturated heterocycles. The number of benzene rings is 2. The summed E-state index contributed by atoms with van der Waals surface area (Å²) in [5.74, 6) is -0.0309. The molecule has 5 nitrogen and oxygen atoms in total. The number of nitrogens with zero attached hydrogens (tertiary/aromatic N) is 3. The van der Waals surface area contributed by atoms with Crippen LogP contribution < -0.4 is 10.2 Å². The Morgan fingerprint density at radius 3 is 2.83 bits per heavy atom. The average molecular weight is 304 g/mol. The highest BCUT2D eigenvalue weighted by Crippen LogP contribution is 2.33. The Balaban J connectivity index is 1.76. The van der Waals surface area contributed by atoms with Crippen LogP contribution in [0.2, 0.25) is 0 Å². The predicted octanol–water partition coefficient (Wildman–Crippen LogP) is 1.91. The van der Waals surface area contributed by atoms with Crippen molar-refractivity contribution < 1.29 is 4.79 Å². The largest absolute Gasteiger partial charge is 0.337 e. The van der Waals surface area contributed by atoms with Crippen LogP contribution >= 0.6 is 0 Å². The van der Waals surface area contributed by atoms with E-state index in [1.807, 2.05) is 41.3 Å². The quantitative estimate of drug-likeness (QED) is 0.921. The minimum absolute atomic E-state index is 0.0309. The SMILES string of the molecule is N#Cc1ccc2c(c1)C(=O)N(Cc1ccccc1)C1NCCN21. The van der Waals surface area contributed by atoms with Crippen LogP contribution in [0.5, 0.6) is 0 Å². The number of nitriles is 1. The highest BCUT2D eigenvalue weighted by atomic mass is 16.2. The summed E-state index contributed by atoms with van der Waals surface area (Å²) in [4.78, 5) is 17.0. The van der Waals surface area contributed by atoms with Gasteiger partial charge in [-0.3, -0.25) is 10.1 Å². The van der Waals surface area contributed by atoms with Crippen molar-refractivity contribution in [3.8, 4) is 6.07 Å². The molecular formula is C18H16N4O. The summed E-state index contributed by atoms with van der Waals surface area (Å²) in [7, 11) is 0. The van der Waals surface area contributed by atoms with Gasteiger partial charge in [-0.1, -0.05) is 30.3 Å². The van der Waals surface area contributed by atoms with Gasteiger partial charge >= 0.3 is 0 Å². The molecule has 1 unspecified atom stereocenters. The Bertz CT molecular complexity index is 796. The Hall–Kier alpha value is -2.84. The number of fused-ring (bicyclic) bond motifs is 3. The second kappa shape index (κ2) is 5.41. The molecule has 2 aliphatic heterocycles. The zero-order chi connectivity index (χ0) is 15.8. The molecule has 0 saturated carbocycles. The van der Waals surface area contributed by atoms with Crippen molar-refractivity contribution in [3.63, 3.8) is 0 Å². The summed E-state index contributed by atoms with van der Waals surface area (Å²) in [5, 5.41) is 12.5. The summed E-state index contributed by atoms with van der Waals surface area (Å²) < 4.78 is 0. The van der Waals surface area contributed by atoms with Gasteiger partial charge in [0.15, 0.2) is 6.29 Å². The van der Waals surface area contributed by atoms with Gasteiger partial charge in [0, 0.05) is 19.6 Å². The molecule has 2 aromatic carbocycles. The second-order valence-electron chi connectivity index (χ2n) is 5.78. The van der Waals surface area contributed by atoms with Crippen molar-refractivity contribution in [1.29, 1.82) is 5.26 Å². The van der Waals surface area contributed by atoms with E-state index in [2.05, 4.69) is 16.3 Å². The second-order valence-corrected chi connectivity index (χ2v) is 5.78. The number of carbonyl (C=O) groups is 1. The standard InChI is InChI=1S/C18H16N4O/c19-11-14-6-7-16-15(10-14)17(23)22(18-20-8-9-21(16)18)12-13-4-2-1-3-5-13/h1-7,10,18,20H,8-9,12H2. The summed E-state index contributed by atoms with van der Waals surface area (Å²) in [6.45, 7) is 2.23. The molecule has 0 spiro atoms. The van der Waals surface area contributed by atoms with Crippen molar-refractivity contribution in [1.82, 2.24) is 10.2 Å². The normalized spacial score (nSPS) is 19.3. The maximum Gasteiger partial charge on any atom is 0.258 e. The van der Waals surface area contributed by atoms with E-state index in [4.69, 9.17) is 5.26 Å². The van der Waals surface area contributed by atoms with Gasteiger partial charge in [-0.15, -0.1) is 0 Å². The molecule has 2 heterocycles. The third-order valence-electron chi connectivity index (χ3n) is 4.39. The van der Waals surface area contributed by atoms with E-state index >= 15 is 0 Å². The number of anilines is 1. The van der Waals surface area contributed by atoms with E-state index in [0.717, 1.165) is 24.3 Å². The monoisotopic (exact) mass is 304 g/mol. The molecule has 2 aromatic rings. The number of rotatable bonds is 2. The average Bonchev–Trinajstić information content (AvgIpc) is 3.08. The van der Waals surface area contributed by atoms with Gasteiger partial charge in [-0.2, -0.15) is 5.26 Å². The minimum atomic E-state index is -0.122.